The van der Waals surface area contributed by atoms with E-state index in [1.54, 1.807) is 11.8 Å². The van der Waals surface area contributed by atoms with Crippen molar-refractivity contribution in [3.05, 3.63) is 30.2 Å². The predicted octanol–water partition coefficient (Wildman–Crippen LogP) is 2.18. The van der Waals surface area contributed by atoms with E-state index in [1.807, 2.05) is 30.5 Å². The minimum Gasteiger partial charge on any atom is -0.399 e. The highest BCUT2D eigenvalue weighted by Crippen LogP contribution is 2.18. The van der Waals surface area contributed by atoms with Crippen LogP contribution in [0, 0.1) is 0 Å². The molecule has 0 radical (unpaired) electrons. The molecular formula is C10H11N3OS. The number of rotatable bonds is 3. The second-order valence-electron chi connectivity index (χ2n) is 3.07. The molecule has 0 saturated heterocycles. The fraction of sp³-hybridized carbons (Fsp3) is 0.200. The standard InChI is InChI=1S/C10H11N3OS/c1-15-6-9-12-10(13-14-9)7-2-4-8(11)5-3-7/h2-5H,6,11H2,1H3. The third-order valence-electron chi connectivity index (χ3n) is 1.90. The topological polar surface area (TPSA) is 64.9 Å². The molecule has 5 heteroatoms. The van der Waals surface area contributed by atoms with Crippen molar-refractivity contribution < 1.29 is 4.52 Å². The van der Waals surface area contributed by atoms with Gasteiger partial charge in [0.2, 0.25) is 11.7 Å². The van der Waals surface area contributed by atoms with Crippen molar-refractivity contribution in [1.29, 1.82) is 0 Å². The van der Waals surface area contributed by atoms with E-state index in [0.29, 0.717) is 11.7 Å². The minimum atomic E-state index is 0.610. The third-order valence-corrected chi connectivity index (χ3v) is 2.44. The molecule has 15 heavy (non-hydrogen) atoms. The van der Waals surface area contributed by atoms with E-state index in [-0.39, 0.29) is 0 Å². The molecule has 78 valence electrons. The van der Waals surface area contributed by atoms with Crippen LogP contribution in [0.25, 0.3) is 11.4 Å². The van der Waals surface area contributed by atoms with E-state index >= 15 is 0 Å². The fourth-order valence-electron chi connectivity index (χ4n) is 1.19. The maximum atomic E-state index is 5.59. The molecule has 2 N–H and O–H groups in total. The van der Waals surface area contributed by atoms with Gasteiger partial charge in [0.25, 0.3) is 0 Å². The highest BCUT2D eigenvalue weighted by atomic mass is 32.2. The maximum absolute atomic E-state index is 5.59. The largest absolute Gasteiger partial charge is 0.399 e. The van der Waals surface area contributed by atoms with Crippen molar-refractivity contribution in [2.45, 2.75) is 5.75 Å². The molecule has 0 bridgehead atoms. The van der Waals surface area contributed by atoms with E-state index in [2.05, 4.69) is 10.1 Å². The second kappa shape index (κ2) is 4.35. The molecule has 0 saturated carbocycles. The Morgan fingerprint density at radius 3 is 2.73 bits per heavy atom. The first-order chi connectivity index (χ1) is 7.29. The summed E-state index contributed by atoms with van der Waals surface area (Å²) in [7, 11) is 0. The summed E-state index contributed by atoms with van der Waals surface area (Å²) in [6, 6.07) is 7.39. The maximum Gasteiger partial charge on any atom is 0.236 e. The third kappa shape index (κ3) is 2.30. The lowest BCUT2D eigenvalue weighted by atomic mass is 10.2. The molecule has 2 rings (SSSR count). The van der Waals surface area contributed by atoms with Crippen LogP contribution < -0.4 is 5.73 Å². The summed E-state index contributed by atoms with van der Waals surface area (Å²) < 4.78 is 5.08. The fourth-order valence-corrected chi connectivity index (χ4v) is 1.55. The van der Waals surface area contributed by atoms with Crippen molar-refractivity contribution in [2.24, 2.45) is 0 Å². The van der Waals surface area contributed by atoms with Crippen LogP contribution in [0.1, 0.15) is 5.89 Å². The number of thioether (sulfide) groups is 1. The lowest BCUT2D eigenvalue weighted by Crippen LogP contribution is -1.85. The summed E-state index contributed by atoms with van der Waals surface area (Å²) in [5.74, 6) is 2.00. The Hall–Kier alpha value is -1.49. The molecule has 4 nitrogen and oxygen atoms in total. The van der Waals surface area contributed by atoms with Crippen LogP contribution in [0.3, 0.4) is 0 Å². The van der Waals surface area contributed by atoms with Gasteiger partial charge >= 0.3 is 0 Å². The number of nitrogens with two attached hydrogens (primary N) is 1. The smallest absolute Gasteiger partial charge is 0.236 e. The molecule has 0 atom stereocenters. The summed E-state index contributed by atoms with van der Waals surface area (Å²) >= 11 is 1.65. The first-order valence-electron chi connectivity index (χ1n) is 4.47. The zero-order valence-electron chi connectivity index (χ0n) is 8.30. The number of aromatic nitrogens is 2. The van der Waals surface area contributed by atoms with Crippen LogP contribution in [-0.2, 0) is 5.75 Å². The molecule has 1 aromatic carbocycles. The molecule has 0 amide bonds. The number of hydrogen-bond donors (Lipinski definition) is 1. The molecule has 0 fully saturated rings. The van der Waals surface area contributed by atoms with E-state index in [1.165, 1.54) is 0 Å². The van der Waals surface area contributed by atoms with Crippen LogP contribution in [0.4, 0.5) is 5.69 Å². The van der Waals surface area contributed by atoms with E-state index in [0.717, 1.165) is 17.0 Å². The summed E-state index contributed by atoms with van der Waals surface area (Å²) in [5, 5.41) is 3.89. The minimum absolute atomic E-state index is 0.610. The number of nitrogen functional groups attached to an aromatic ring is 1. The molecular weight excluding hydrogens is 210 g/mol. The SMILES string of the molecule is CSCc1nc(-c2ccc(N)cc2)no1. The summed E-state index contributed by atoms with van der Waals surface area (Å²) in [5.41, 5.74) is 7.24. The molecule has 0 aliphatic carbocycles. The molecule has 0 aliphatic rings. The zero-order chi connectivity index (χ0) is 10.7. The number of hydrogen-bond acceptors (Lipinski definition) is 5. The van der Waals surface area contributed by atoms with Crippen molar-refractivity contribution in [3.63, 3.8) is 0 Å². The molecule has 0 aliphatic heterocycles. The average molecular weight is 221 g/mol. The Morgan fingerprint density at radius 2 is 2.07 bits per heavy atom. The van der Waals surface area contributed by atoms with Gasteiger partial charge in [-0.2, -0.15) is 16.7 Å². The van der Waals surface area contributed by atoms with Gasteiger partial charge in [-0.25, -0.2) is 0 Å². The quantitative estimate of drug-likeness (QED) is 0.805. The molecule has 0 spiro atoms. The number of nitrogens with zero attached hydrogens (tertiary/aromatic N) is 2. The van der Waals surface area contributed by atoms with Crippen LogP contribution in [0.2, 0.25) is 0 Å². The van der Waals surface area contributed by atoms with E-state index in [4.69, 9.17) is 10.3 Å². The lowest BCUT2D eigenvalue weighted by molar-refractivity contribution is 0.392. The Balaban J connectivity index is 2.25. The first-order valence-corrected chi connectivity index (χ1v) is 5.86. The average Bonchev–Trinajstić information content (AvgIpc) is 2.68. The summed E-state index contributed by atoms with van der Waals surface area (Å²) in [6.45, 7) is 0. The lowest BCUT2D eigenvalue weighted by Gasteiger charge is -1.94. The Morgan fingerprint density at radius 1 is 1.33 bits per heavy atom. The van der Waals surface area contributed by atoms with Gasteiger partial charge in [-0.1, -0.05) is 5.16 Å². The summed E-state index contributed by atoms with van der Waals surface area (Å²) in [6.07, 6.45) is 1.99. The van der Waals surface area contributed by atoms with Crippen molar-refractivity contribution >= 4 is 17.4 Å². The Labute approximate surface area is 91.9 Å². The predicted molar refractivity (Wildman–Crippen MR) is 61.4 cm³/mol. The van der Waals surface area contributed by atoms with Crippen LogP contribution in [0.5, 0.6) is 0 Å². The highest BCUT2D eigenvalue weighted by molar-refractivity contribution is 7.97. The normalized spacial score (nSPS) is 10.5. The summed E-state index contributed by atoms with van der Waals surface area (Å²) in [4.78, 5) is 4.26. The molecule has 0 unspecified atom stereocenters. The van der Waals surface area contributed by atoms with Crippen molar-refractivity contribution in [3.8, 4) is 11.4 Å². The first kappa shape index (κ1) is 10.0. The van der Waals surface area contributed by atoms with Gasteiger partial charge in [0.1, 0.15) is 0 Å². The van der Waals surface area contributed by atoms with Gasteiger partial charge in [0.15, 0.2) is 0 Å². The van der Waals surface area contributed by atoms with Crippen LogP contribution in [-0.4, -0.2) is 16.4 Å². The molecule has 2 aromatic rings. The van der Waals surface area contributed by atoms with E-state index in [9.17, 15) is 0 Å². The van der Waals surface area contributed by atoms with Crippen LogP contribution >= 0.6 is 11.8 Å². The van der Waals surface area contributed by atoms with E-state index < -0.39 is 0 Å². The number of anilines is 1. The molecule has 1 heterocycles. The number of benzene rings is 1. The van der Waals surface area contributed by atoms with Crippen molar-refractivity contribution in [2.75, 3.05) is 12.0 Å². The van der Waals surface area contributed by atoms with Gasteiger partial charge in [-0.15, -0.1) is 0 Å². The van der Waals surface area contributed by atoms with Gasteiger partial charge in [0.05, 0.1) is 5.75 Å². The highest BCUT2D eigenvalue weighted by Gasteiger charge is 2.07. The van der Waals surface area contributed by atoms with Gasteiger partial charge in [-0.05, 0) is 30.5 Å². The van der Waals surface area contributed by atoms with Gasteiger partial charge in [-0.3, -0.25) is 0 Å². The van der Waals surface area contributed by atoms with Gasteiger partial charge < -0.3 is 10.3 Å². The second-order valence-corrected chi connectivity index (χ2v) is 3.93. The van der Waals surface area contributed by atoms with Crippen LogP contribution in [0.15, 0.2) is 28.8 Å². The van der Waals surface area contributed by atoms with Crippen molar-refractivity contribution in [1.82, 2.24) is 10.1 Å². The Kier molecular flexibility index (Phi) is 2.91. The zero-order valence-corrected chi connectivity index (χ0v) is 9.12. The monoisotopic (exact) mass is 221 g/mol. The van der Waals surface area contributed by atoms with Gasteiger partial charge in [0, 0.05) is 11.3 Å². The Bertz CT molecular complexity index is 438. The molecule has 1 aromatic heterocycles.